The summed E-state index contributed by atoms with van der Waals surface area (Å²) in [5.41, 5.74) is 5.93. The Morgan fingerprint density at radius 2 is 1.84 bits per heavy atom. The molecule has 4 rings (SSSR count). The van der Waals surface area contributed by atoms with Crippen molar-refractivity contribution in [2.24, 2.45) is 5.41 Å². The third kappa shape index (κ3) is 4.97. The van der Waals surface area contributed by atoms with Crippen molar-refractivity contribution in [2.75, 3.05) is 19.6 Å². The van der Waals surface area contributed by atoms with Crippen LogP contribution in [-0.2, 0) is 6.54 Å². The highest BCUT2D eigenvalue weighted by atomic mass is 16.5. The molecule has 3 heterocycles. The molecule has 1 saturated heterocycles. The third-order valence-electron chi connectivity index (χ3n) is 6.09. The zero-order chi connectivity index (χ0) is 22.0. The van der Waals surface area contributed by atoms with Crippen LogP contribution in [0.5, 0.6) is 0 Å². The van der Waals surface area contributed by atoms with E-state index in [4.69, 9.17) is 5.21 Å². The van der Waals surface area contributed by atoms with Gasteiger partial charge in [-0.15, -0.1) is 0 Å². The molecule has 1 aliphatic rings. The van der Waals surface area contributed by atoms with Gasteiger partial charge >= 0.3 is 0 Å². The van der Waals surface area contributed by atoms with Crippen LogP contribution in [0.1, 0.15) is 61.0 Å². The average molecular weight is 421 g/mol. The van der Waals surface area contributed by atoms with E-state index in [0.717, 1.165) is 30.8 Å². The molecule has 0 aliphatic carbocycles. The van der Waals surface area contributed by atoms with Gasteiger partial charge in [0.1, 0.15) is 5.65 Å². The Hall–Kier alpha value is -2.70. The summed E-state index contributed by atoms with van der Waals surface area (Å²) < 4.78 is 2.16. The minimum absolute atomic E-state index is 0.341. The number of hydrogen-bond donors (Lipinski definition) is 2. The first kappa shape index (κ1) is 21.5. The molecule has 3 aromatic rings. The highest BCUT2D eigenvalue weighted by Gasteiger charge is 2.25. The fourth-order valence-corrected chi connectivity index (χ4v) is 4.69. The van der Waals surface area contributed by atoms with Crippen LogP contribution in [0.2, 0.25) is 0 Å². The zero-order valence-electron chi connectivity index (χ0n) is 18.6. The maximum atomic E-state index is 11.5. The summed E-state index contributed by atoms with van der Waals surface area (Å²) in [5, 5.41) is 10.0. The van der Waals surface area contributed by atoms with Crippen molar-refractivity contribution >= 4 is 16.9 Å². The summed E-state index contributed by atoms with van der Waals surface area (Å²) in [6.07, 6.45) is 6.41. The third-order valence-corrected chi connectivity index (χ3v) is 6.09. The molecule has 0 saturated carbocycles. The number of carbonyl (C=O) groups is 1. The van der Waals surface area contributed by atoms with Gasteiger partial charge in [-0.2, -0.15) is 0 Å². The number of carbonyl (C=O) groups excluding carboxylic acids is 1. The second kappa shape index (κ2) is 8.81. The highest BCUT2D eigenvalue weighted by molar-refractivity contribution is 5.93. The first-order valence-corrected chi connectivity index (χ1v) is 11.0. The Morgan fingerprint density at radius 3 is 2.48 bits per heavy atom. The second-order valence-electron chi connectivity index (χ2n) is 9.83. The predicted molar refractivity (Wildman–Crippen MR) is 122 cm³/mol. The minimum Gasteiger partial charge on any atom is -0.328 e. The Labute approximate surface area is 183 Å². The number of aromatic nitrogens is 2. The van der Waals surface area contributed by atoms with Crippen LogP contribution < -0.4 is 5.48 Å². The molecule has 2 aromatic heterocycles. The van der Waals surface area contributed by atoms with E-state index < -0.39 is 5.91 Å². The number of piperidine rings is 1. The molecule has 0 atom stereocenters. The van der Waals surface area contributed by atoms with Crippen LogP contribution in [0.25, 0.3) is 11.0 Å². The SMILES string of the molecule is CC(C)(C)CN1CCC(c2ccnc3c2ccn3Cc2ccc(C(=O)NO)cc2)CC1. The van der Waals surface area contributed by atoms with Gasteiger partial charge in [-0.25, -0.2) is 10.5 Å². The largest absolute Gasteiger partial charge is 0.328 e. The molecule has 0 bridgehead atoms. The van der Waals surface area contributed by atoms with Gasteiger partial charge in [0, 0.05) is 36.4 Å². The van der Waals surface area contributed by atoms with E-state index in [0.29, 0.717) is 23.4 Å². The molecule has 6 heteroatoms. The summed E-state index contributed by atoms with van der Waals surface area (Å²) in [6.45, 7) is 11.1. The smallest absolute Gasteiger partial charge is 0.274 e. The van der Waals surface area contributed by atoms with Crippen LogP contribution in [0.3, 0.4) is 0 Å². The summed E-state index contributed by atoms with van der Waals surface area (Å²) >= 11 is 0. The van der Waals surface area contributed by atoms with E-state index in [1.165, 1.54) is 23.8 Å². The number of hydroxylamine groups is 1. The zero-order valence-corrected chi connectivity index (χ0v) is 18.6. The van der Waals surface area contributed by atoms with E-state index in [9.17, 15) is 4.79 Å². The van der Waals surface area contributed by atoms with Gasteiger partial charge in [-0.05, 0) is 72.7 Å². The minimum atomic E-state index is -0.502. The lowest BCUT2D eigenvalue weighted by Gasteiger charge is -2.36. The molecule has 1 amide bonds. The van der Waals surface area contributed by atoms with Crippen LogP contribution in [0.15, 0.2) is 48.8 Å². The van der Waals surface area contributed by atoms with Crippen molar-refractivity contribution < 1.29 is 10.0 Å². The molecule has 2 N–H and O–H groups in total. The number of benzene rings is 1. The molecule has 1 fully saturated rings. The van der Waals surface area contributed by atoms with Gasteiger partial charge in [-0.1, -0.05) is 32.9 Å². The number of fused-ring (bicyclic) bond motifs is 1. The first-order valence-electron chi connectivity index (χ1n) is 11.0. The van der Waals surface area contributed by atoms with Crippen LogP contribution in [-0.4, -0.2) is 45.2 Å². The van der Waals surface area contributed by atoms with Gasteiger partial charge < -0.3 is 9.47 Å². The monoisotopic (exact) mass is 420 g/mol. The van der Waals surface area contributed by atoms with Gasteiger partial charge in [-0.3, -0.25) is 10.0 Å². The molecule has 0 unspecified atom stereocenters. The van der Waals surface area contributed by atoms with Gasteiger partial charge in [0.05, 0.1) is 0 Å². The molecular weight excluding hydrogens is 388 g/mol. The number of hydrogen-bond acceptors (Lipinski definition) is 4. The Kier molecular flexibility index (Phi) is 6.12. The van der Waals surface area contributed by atoms with E-state index >= 15 is 0 Å². The number of nitrogens with zero attached hydrogens (tertiary/aromatic N) is 3. The van der Waals surface area contributed by atoms with Crippen molar-refractivity contribution in [3.63, 3.8) is 0 Å². The molecule has 1 aliphatic heterocycles. The van der Waals surface area contributed by atoms with Gasteiger partial charge in [0.25, 0.3) is 5.91 Å². The van der Waals surface area contributed by atoms with Crippen molar-refractivity contribution in [1.29, 1.82) is 0 Å². The summed E-state index contributed by atoms with van der Waals surface area (Å²) in [5.74, 6) is 0.0756. The van der Waals surface area contributed by atoms with E-state index in [-0.39, 0.29) is 0 Å². The lowest BCUT2D eigenvalue weighted by atomic mass is 9.87. The Morgan fingerprint density at radius 1 is 1.13 bits per heavy atom. The number of rotatable bonds is 5. The van der Waals surface area contributed by atoms with Crippen molar-refractivity contribution in [1.82, 2.24) is 19.9 Å². The second-order valence-corrected chi connectivity index (χ2v) is 9.83. The van der Waals surface area contributed by atoms with Crippen molar-refractivity contribution in [2.45, 2.75) is 46.1 Å². The van der Waals surface area contributed by atoms with Crippen LogP contribution >= 0.6 is 0 Å². The van der Waals surface area contributed by atoms with E-state index in [1.807, 2.05) is 18.3 Å². The maximum Gasteiger partial charge on any atom is 0.274 e. The topological polar surface area (TPSA) is 70.4 Å². The van der Waals surface area contributed by atoms with Gasteiger partial charge in [0.15, 0.2) is 0 Å². The lowest BCUT2D eigenvalue weighted by Crippen LogP contribution is -2.38. The van der Waals surface area contributed by atoms with Crippen molar-refractivity contribution in [3.8, 4) is 0 Å². The maximum absolute atomic E-state index is 11.5. The molecule has 6 nitrogen and oxygen atoms in total. The molecular formula is C25H32N4O2. The highest BCUT2D eigenvalue weighted by Crippen LogP contribution is 2.33. The Bertz CT molecular complexity index is 1040. The summed E-state index contributed by atoms with van der Waals surface area (Å²) in [6, 6.07) is 11.6. The van der Waals surface area contributed by atoms with Crippen LogP contribution in [0, 0.1) is 5.41 Å². The number of amides is 1. The average Bonchev–Trinajstić information content (AvgIpc) is 3.16. The normalized spacial score (nSPS) is 16.0. The molecule has 0 spiro atoms. The summed E-state index contributed by atoms with van der Waals surface area (Å²) in [4.78, 5) is 18.8. The molecule has 31 heavy (non-hydrogen) atoms. The van der Waals surface area contributed by atoms with Crippen LogP contribution in [0.4, 0.5) is 0 Å². The molecule has 164 valence electrons. The van der Waals surface area contributed by atoms with Crippen molar-refractivity contribution in [3.05, 3.63) is 65.5 Å². The number of likely N-dealkylation sites (tertiary alicyclic amines) is 1. The standard InChI is InChI=1S/C25H32N4O2/c1-25(2,3)17-28-13-9-19(10-14-28)21-8-12-26-23-22(21)11-15-29(23)16-18-4-6-20(7-5-18)24(30)27-31/h4-8,11-12,15,19,31H,9-10,13-14,16-17H2,1-3H3,(H,27,30). The fraction of sp³-hybridized carbons (Fsp3) is 0.440. The van der Waals surface area contributed by atoms with E-state index in [1.54, 1.807) is 17.6 Å². The van der Waals surface area contributed by atoms with Gasteiger partial charge in [0.2, 0.25) is 0 Å². The number of nitrogens with one attached hydrogen (secondary N) is 1. The Balaban J connectivity index is 1.49. The predicted octanol–water partition coefficient (Wildman–Crippen LogP) is 4.43. The summed E-state index contributed by atoms with van der Waals surface area (Å²) in [7, 11) is 0. The molecule has 0 radical (unpaired) electrons. The fourth-order valence-electron chi connectivity index (χ4n) is 4.69. The number of pyridine rings is 1. The first-order chi connectivity index (χ1) is 14.8. The lowest BCUT2D eigenvalue weighted by molar-refractivity contribution is 0.0706. The molecule has 1 aromatic carbocycles. The van der Waals surface area contributed by atoms with E-state index in [2.05, 4.69) is 53.6 Å². The quantitative estimate of drug-likeness (QED) is 0.473.